The van der Waals surface area contributed by atoms with Gasteiger partial charge in [-0.1, -0.05) is 27.7 Å². The Hall–Kier alpha value is -0.570. The normalized spacial score (nSPS) is 22.9. The summed E-state index contributed by atoms with van der Waals surface area (Å²) in [5, 5.41) is 3.49. The van der Waals surface area contributed by atoms with Crippen LogP contribution in [0.4, 0.5) is 0 Å². The van der Waals surface area contributed by atoms with Crippen LogP contribution in [0, 0.1) is 16.2 Å². The quantitative estimate of drug-likeness (QED) is 0.748. The SMILES string of the molecule is COC(=O)C(C)(C)CNC1C(C)(C)C1(C)C. The van der Waals surface area contributed by atoms with Gasteiger partial charge in [0.2, 0.25) is 0 Å². The van der Waals surface area contributed by atoms with E-state index in [0.717, 1.165) is 0 Å². The summed E-state index contributed by atoms with van der Waals surface area (Å²) in [6, 6.07) is 0.476. The lowest BCUT2D eigenvalue weighted by molar-refractivity contribution is -0.150. The molecule has 0 saturated heterocycles. The zero-order chi connectivity index (χ0) is 12.8. The van der Waals surface area contributed by atoms with Crippen molar-refractivity contribution in [3.63, 3.8) is 0 Å². The van der Waals surface area contributed by atoms with E-state index in [4.69, 9.17) is 4.74 Å². The molecule has 0 spiro atoms. The highest BCUT2D eigenvalue weighted by molar-refractivity contribution is 5.76. The van der Waals surface area contributed by atoms with Gasteiger partial charge in [0.05, 0.1) is 12.5 Å². The summed E-state index contributed by atoms with van der Waals surface area (Å²) in [7, 11) is 1.44. The monoisotopic (exact) mass is 227 g/mol. The van der Waals surface area contributed by atoms with Gasteiger partial charge < -0.3 is 10.1 Å². The van der Waals surface area contributed by atoms with Gasteiger partial charge >= 0.3 is 5.97 Å². The van der Waals surface area contributed by atoms with Gasteiger partial charge in [-0.3, -0.25) is 4.79 Å². The molecule has 1 saturated carbocycles. The molecule has 1 rings (SSSR count). The first kappa shape index (κ1) is 13.5. The molecule has 1 N–H and O–H groups in total. The minimum absolute atomic E-state index is 0.156. The lowest BCUT2D eigenvalue weighted by Crippen LogP contribution is -2.39. The van der Waals surface area contributed by atoms with E-state index in [1.807, 2.05) is 13.8 Å². The van der Waals surface area contributed by atoms with E-state index >= 15 is 0 Å². The average Bonchev–Trinajstić information content (AvgIpc) is 2.53. The summed E-state index contributed by atoms with van der Waals surface area (Å²) in [5.41, 5.74) is 0.155. The summed E-state index contributed by atoms with van der Waals surface area (Å²) in [4.78, 5) is 11.5. The van der Waals surface area contributed by atoms with E-state index in [1.165, 1.54) is 7.11 Å². The van der Waals surface area contributed by atoms with Crippen molar-refractivity contribution in [1.29, 1.82) is 0 Å². The van der Waals surface area contributed by atoms with Gasteiger partial charge in [0.1, 0.15) is 0 Å². The third kappa shape index (κ3) is 1.97. The van der Waals surface area contributed by atoms with Gasteiger partial charge in [-0.2, -0.15) is 0 Å². The van der Waals surface area contributed by atoms with Crippen LogP contribution in [0.1, 0.15) is 41.5 Å². The lowest BCUT2D eigenvalue weighted by atomic mass is 9.93. The largest absolute Gasteiger partial charge is 0.469 e. The molecule has 0 aromatic rings. The third-order valence-corrected chi connectivity index (χ3v) is 4.51. The molecular weight excluding hydrogens is 202 g/mol. The molecule has 3 nitrogen and oxygen atoms in total. The standard InChI is InChI=1S/C13H25NO2/c1-11(2,10(15)16-7)8-14-9-12(3,4)13(9,5)6/h9,14H,8H2,1-7H3. The van der Waals surface area contributed by atoms with E-state index < -0.39 is 5.41 Å². The maximum atomic E-state index is 11.5. The fourth-order valence-electron chi connectivity index (χ4n) is 2.41. The van der Waals surface area contributed by atoms with Gasteiger partial charge in [-0.15, -0.1) is 0 Å². The number of carbonyl (C=O) groups is 1. The first-order valence-corrected chi connectivity index (χ1v) is 5.89. The van der Waals surface area contributed by atoms with Crippen molar-refractivity contribution in [2.24, 2.45) is 16.2 Å². The molecule has 16 heavy (non-hydrogen) atoms. The van der Waals surface area contributed by atoms with Crippen molar-refractivity contribution >= 4 is 5.97 Å². The van der Waals surface area contributed by atoms with Crippen molar-refractivity contribution in [2.45, 2.75) is 47.6 Å². The van der Waals surface area contributed by atoms with E-state index in [2.05, 4.69) is 33.0 Å². The van der Waals surface area contributed by atoms with E-state index in [1.54, 1.807) is 0 Å². The molecule has 1 aliphatic rings. The van der Waals surface area contributed by atoms with Crippen LogP contribution in [0.5, 0.6) is 0 Å². The molecule has 0 aliphatic heterocycles. The molecule has 0 bridgehead atoms. The highest BCUT2D eigenvalue weighted by Crippen LogP contribution is 2.62. The highest BCUT2D eigenvalue weighted by atomic mass is 16.5. The molecule has 0 aromatic carbocycles. The lowest BCUT2D eigenvalue weighted by Gasteiger charge is -2.22. The fourth-order valence-corrected chi connectivity index (χ4v) is 2.41. The van der Waals surface area contributed by atoms with E-state index in [9.17, 15) is 4.79 Å². The van der Waals surface area contributed by atoms with Crippen LogP contribution in [-0.4, -0.2) is 25.7 Å². The molecule has 0 atom stereocenters. The van der Waals surface area contributed by atoms with Crippen LogP contribution < -0.4 is 5.32 Å². The maximum absolute atomic E-state index is 11.5. The van der Waals surface area contributed by atoms with E-state index in [-0.39, 0.29) is 5.97 Å². The summed E-state index contributed by atoms with van der Waals surface area (Å²) in [6.07, 6.45) is 0. The maximum Gasteiger partial charge on any atom is 0.312 e. The summed E-state index contributed by atoms with van der Waals surface area (Å²) < 4.78 is 4.79. The molecule has 3 heteroatoms. The number of esters is 1. The van der Waals surface area contributed by atoms with Crippen LogP contribution in [0.15, 0.2) is 0 Å². The molecule has 0 heterocycles. The second kappa shape index (κ2) is 3.73. The molecule has 1 aliphatic carbocycles. The number of methoxy groups -OCH3 is 1. The Labute approximate surface area is 98.9 Å². The smallest absolute Gasteiger partial charge is 0.312 e. The van der Waals surface area contributed by atoms with Gasteiger partial charge in [0, 0.05) is 12.6 Å². The number of carbonyl (C=O) groups excluding carboxylic acids is 1. The second-order valence-corrected chi connectivity index (χ2v) is 6.63. The minimum Gasteiger partial charge on any atom is -0.469 e. The predicted molar refractivity (Wildman–Crippen MR) is 65.1 cm³/mol. The van der Waals surface area contributed by atoms with Crippen molar-refractivity contribution in [3.05, 3.63) is 0 Å². The van der Waals surface area contributed by atoms with Crippen molar-refractivity contribution in [1.82, 2.24) is 5.32 Å². The van der Waals surface area contributed by atoms with E-state index in [0.29, 0.717) is 23.4 Å². The van der Waals surface area contributed by atoms with Gasteiger partial charge in [-0.25, -0.2) is 0 Å². The highest BCUT2D eigenvalue weighted by Gasteiger charge is 2.64. The van der Waals surface area contributed by atoms with Crippen LogP contribution in [0.25, 0.3) is 0 Å². The molecule has 0 aromatic heterocycles. The zero-order valence-electron chi connectivity index (χ0n) is 11.6. The molecule has 0 radical (unpaired) electrons. The Bertz CT molecular complexity index is 278. The second-order valence-electron chi connectivity index (χ2n) is 6.63. The fraction of sp³-hybridized carbons (Fsp3) is 0.923. The van der Waals surface area contributed by atoms with Crippen LogP contribution in [0.3, 0.4) is 0 Å². The van der Waals surface area contributed by atoms with Crippen LogP contribution in [-0.2, 0) is 9.53 Å². The van der Waals surface area contributed by atoms with Crippen molar-refractivity contribution < 1.29 is 9.53 Å². The van der Waals surface area contributed by atoms with Crippen molar-refractivity contribution in [3.8, 4) is 0 Å². The van der Waals surface area contributed by atoms with Gasteiger partial charge in [0.25, 0.3) is 0 Å². The number of ether oxygens (including phenoxy) is 1. The summed E-state index contributed by atoms with van der Waals surface area (Å²) in [6.45, 7) is 13.5. The Kier molecular flexibility index (Phi) is 3.14. The molecule has 1 fully saturated rings. The Morgan fingerprint density at radius 3 is 2.00 bits per heavy atom. The first-order chi connectivity index (χ1) is 7.07. The number of rotatable bonds is 4. The summed E-state index contributed by atoms with van der Waals surface area (Å²) >= 11 is 0. The number of hydrogen-bond donors (Lipinski definition) is 1. The Morgan fingerprint density at radius 1 is 1.25 bits per heavy atom. The van der Waals surface area contributed by atoms with Gasteiger partial charge in [0.15, 0.2) is 0 Å². The van der Waals surface area contributed by atoms with Crippen LogP contribution >= 0.6 is 0 Å². The third-order valence-electron chi connectivity index (χ3n) is 4.51. The first-order valence-electron chi connectivity index (χ1n) is 5.89. The molecule has 0 amide bonds. The predicted octanol–water partition coefficient (Wildman–Crippen LogP) is 2.21. The van der Waals surface area contributed by atoms with Crippen LogP contribution in [0.2, 0.25) is 0 Å². The molecule has 0 unspecified atom stereocenters. The number of nitrogens with one attached hydrogen (secondary N) is 1. The topological polar surface area (TPSA) is 38.3 Å². The summed E-state index contributed by atoms with van der Waals surface area (Å²) in [5.74, 6) is -0.156. The van der Waals surface area contributed by atoms with Crippen molar-refractivity contribution in [2.75, 3.05) is 13.7 Å². The average molecular weight is 227 g/mol. The molecular formula is C13H25NO2. The van der Waals surface area contributed by atoms with Gasteiger partial charge in [-0.05, 0) is 24.7 Å². The zero-order valence-corrected chi connectivity index (χ0v) is 11.6. The minimum atomic E-state index is -0.455. The Morgan fingerprint density at radius 2 is 1.69 bits per heavy atom. The Balaban J connectivity index is 2.52. The molecule has 94 valence electrons. The number of hydrogen-bond acceptors (Lipinski definition) is 3.